The first-order chi connectivity index (χ1) is 13.3. The standard InChI is InChI=1S/C20H20N4O3/c25-20(17-10-5-11-21-17)22-13-18-23-19(24-27-18)14-6-4-9-16(12-14)26-15-7-2-1-3-8-15/h1-4,6-9,12,17,21H,5,10-11,13H2,(H,22,25). The Hall–Kier alpha value is -3.19. The molecule has 1 aromatic heterocycles. The van der Waals surface area contributed by atoms with Crippen molar-refractivity contribution in [3.05, 3.63) is 60.5 Å². The molecule has 1 unspecified atom stereocenters. The third-order valence-corrected chi connectivity index (χ3v) is 4.33. The molecule has 2 aromatic carbocycles. The van der Waals surface area contributed by atoms with E-state index in [4.69, 9.17) is 9.26 Å². The minimum absolute atomic E-state index is 0.0366. The Labute approximate surface area is 156 Å². The Morgan fingerprint density at radius 2 is 2.04 bits per heavy atom. The van der Waals surface area contributed by atoms with Crippen LogP contribution in [0.4, 0.5) is 0 Å². The first kappa shape index (κ1) is 17.2. The van der Waals surface area contributed by atoms with E-state index in [1.807, 2.05) is 54.6 Å². The molecule has 1 atom stereocenters. The van der Waals surface area contributed by atoms with Crippen LogP contribution in [0.3, 0.4) is 0 Å². The number of hydrogen-bond donors (Lipinski definition) is 2. The molecule has 0 bridgehead atoms. The summed E-state index contributed by atoms with van der Waals surface area (Å²) in [5.41, 5.74) is 0.780. The highest BCUT2D eigenvalue weighted by atomic mass is 16.5. The lowest BCUT2D eigenvalue weighted by Crippen LogP contribution is -2.40. The van der Waals surface area contributed by atoms with Crippen molar-refractivity contribution < 1.29 is 14.1 Å². The number of aromatic nitrogens is 2. The maximum Gasteiger partial charge on any atom is 0.246 e. The maximum absolute atomic E-state index is 12.0. The fourth-order valence-corrected chi connectivity index (χ4v) is 2.96. The average molecular weight is 364 g/mol. The van der Waals surface area contributed by atoms with Gasteiger partial charge in [0, 0.05) is 5.56 Å². The smallest absolute Gasteiger partial charge is 0.246 e. The first-order valence-electron chi connectivity index (χ1n) is 8.95. The predicted molar refractivity (Wildman–Crippen MR) is 99.1 cm³/mol. The van der Waals surface area contributed by atoms with Crippen molar-refractivity contribution in [1.82, 2.24) is 20.8 Å². The lowest BCUT2D eigenvalue weighted by molar-refractivity contribution is -0.123. The number of carbonyl (C=O) groups is 1. The van der Waals surface area contributed by atoms with Crippen LogP contribution in [0.1, 0.15) is 18.7 Å². The number of rotatable bonds is 6. The van der Waals surface area contributed by atoms with Crippen molar-refractivity contribution in [2.45, 2.75) is 25.4 Å². The van der Waals surface area contributed by atoms with Crippen LogP contribution in [0.15, 0.2) is 59.1 Å². The Balaban J connectivity index is 1.40. The lowest BCUT2D eigenvalue weighted by atomic mass is 10.2. The summed E-state index contributed by atoms with van der Waals surface area (Å²) in [6.07, 6.45) is 1.87. The van der Waals surface area contributed by atoms with Gasteiger partial charge in [-0.3, -0.25) is 4.79 Å². The molecule has 1 saturated heterocycles. The van der Waals surface area contributed by atoms with Crippen molar-refractivity contribution >= 4 is 5.91 Å². The van der Waals surface area contributed by atoms with Gasteiger partial charge in [-0.1, -0.05) is 35.5 Å². The predicted octanol–water partition coefficient (Wildman–Crippen LogP) is 2.90. The molecule has 1 aliphatic heterocycles. The first-order valence-corrected chi connectivity index (χ1v) is 8.95. The summed E-state index contributed by atoms with van der Waals surface area (Å²) in [7, 11) is 0. The summed E-state index contributed by atoms with van der Waals surface area (Å²) in [6.45, 7) is 1.09. The van der Waals surface area contributed by atoms with Crippen molar-refractivity contribution in [1.29, 1.82) is 0 Å². The zero-order valence-electron chi connectivity index (χ0n) is 14.7. The monoisotopic (exact) mass is 364 g/mol. The summed E-state index contributed by atoms with van der Waals surface area (Å²) in [5, 5.41) is 9.99. The molecule has 7 heteroatoms. The molecule has 2 heterocycles. The van der Waals surface area contributed by atoms with Crippen LogP contribution in [-0.4, -0.2) is 28.6 Å². The lowest BCUT2D eigenvalue weighted by Gasteiger charge is -2.08. The van der Waals surface area contributed by atoms with Crippen LogP contribution >= 0.6 is 0 Å². The normalized spacial score (nSPS) is 16.2. The second kappa shape index (κ2) is 8.01. The largest absolute Gasteiger partial charge is 0.457 e. The molecule has 0 radical (unpaired) electrons. The van der Waals surface area contributed by atoms with Crippen LogP contribution in [0.2, 0.25) is 0 Å². The molecule has 0 saturated carbocycles. The third-order valence-electron chi connectivity index (χ3n) is 4.33. The van der Waals surface area contributed by atoms with Gasteiger partial charge < -0.3 is 19.9 Å². The molecule has 2 N–H and O–H groups in total. The maximum atomic E-state index is 12.0. The summed E-state index contributed by atoms with van der Waals surface area (Å²) in [4.78, 5) is 16.4. The van der Waals surface area contributed by atoms with Gasteiger partial charge in [0.05, 0.1) is 12.6 Å². The van der Waals surface area contributed by atoms with Crippen molar-refractivity contribution in [2.24, 2.45) is 0 Å². The summed E-state index contributed by atoms with van der Waals surface area (Å²) in [5.74, 6) is 2.23. The van der Waals surface area contributed by atoms with Gasteiger partial charge in [-0.15, -0.1) is 0 Å². The molecule has 138 valence electrons. The van der Waals surface area contributed by atoms with E-state index in [1.165, 1.54) is 0 Å². The van der Waals surface area contributed by atoms with Gasteiger partial charge in [0.15, 0.2) is 0 Å². The van der Waals surface area contributed by atoms with Crippen molar-refractivity contribution in [3.8, 4) is 22.9 Å². The zero-order chi connectivity index (χ0) is 18.5. The summed E-state index contributed by atoms with van der Waals surface area (Å²) >= 11 is 0. The average Bonchev–Trinajstić information content (AvgIpc) is 3.39. The number of para-hydroxylation sites is 1. The van der Waals surface area contributed by atoms with E-state index in [0.29, 0.717) is 17.5 Å². The fourth-order valence-electron chi connectivity index (χ4n) is 2.96. The number of nitrogens with zero attached hydrogens (tertiary/aromatic N) is 2. The Bertz CT molecular complexity index is 904. The molecule has 1 aliphatic rings. The molecule has 3 aromatic rings. The molecule has 1 fully saturated rings. The van der Waals surface area contributed by atoms with E-state index in [2.05, 4.69) is 20.8 Å². The SMILES string of the molecule is O=C(NCc1nc(-c2cccc(Oc3ccccc3)c2)no1)C1CCCN1. The summed E-state index contributed by atoms with van der Waals surface area (Å²) < 4.78 is 11.1. The van der Waals surface area contributed by atoms with Crippen LogP contribution in [0.5, 0.6) is 11.5 Å². The topological polar surface area (TPSA) is 89.3 Å². The van der Waals surface area contributed by atoms with Crippen LogP contribution in [0.25, 0.3) is 11.4 Å². The van der Waals surface area contributed by atoms with E-state index in [1.54, 1.807) is 0 Å². The molecular formula is C20H20N4O3. The van der Waals surface area contributed by atoms with E-state index in [-0.39, 0.29) is 18.5 Å². The number of ether oxygens (including phenoxy) is 1. The molecule has 0 aliphatic carbocycles. The number of nitrogens with one attached hydrogen (secondary N) is 2. The van der Waals surface area contributed by atoms with Crippen LogP contribution in [-0.2, 0) is 11.3 Å². The van der Waals surface area contributed by atoms with Gasteiger partial charge in [-0.2, -0.15) is 4.98 Å². The molecule has 1 amide bonds. The van der Waals surface area contributed by atoms with E-state index < -0.39 is 0 Å². The Morgan fingerprint density at radius 1 is 1.19 bits per heavy atom. The van der Waals surface area contributed by atoms with Gasteiger partial charge >= 0.3 is 0 Å². The third kappa shape index (κ3) is 4.32. The minimum Gasteiger partial charge on any atom is -0.457 e. The number of hydrogen-bond acceptors (Lipinski definition) is 6. The van der Waals surface area contributed by atoms with E-state index >= 15 is 0 Å². The Morgan fingerprint density at radius 3 is 2.85 bits per heavy atom. The fraction of sp³-hybridized carbons (Fsp3) is 0.250. The van der Waals surface area contributed by atoms with Gasteiger partial charge in [0.1, 0.15) is 11.5 Å². The molecular weight excluding hydrogens is 344 g/mol. The molecule has 27 heavy (non-hydrogen) atoms. The molecule has 0 spiro atoms. The summed E-state index contributed by atoms with van der Waals surface area (Å²) in [6, 6.07) is 16.9. The zero-order valence-corrected chi connectivity index (χ0v) is 14.7. The highest BCUT2D eigenvalue weighted by Gasteiger charge is 2.22. The minimum atomic E-state index is -0.126. The number of benzene rings is 2. The molecule has 4 rings (SSSR count). The number of carbonyl (C=O) groups excluding carboxylic acids is 1. The second-order valence-electron chi connectivity index (χ2n) is 6.32. The Kier molecular flexibility index (Phi) is 5.11. The van der Waals surface area contributed by atoms with Gasteiger partial charge in [0.25, 0.3) is 0 Å². The van der Waals surface area contributed by atoms with Gasteiger partial charge in [0.2, 0.25) is 17.6 Å². The van der Waals surface area contributed by atoms with Gasteiger partial charge in [-0.25, -0.2) is 0 Å². The van der Waals surface area contributed by atoms with Crippen molar-refractivity contribution in [2.75, 3.05) is 6.54 Å². The highest BCUT2D eigenvalue weighted by molar-refractivity contribution is 5.81. The van der Waals surface area contributed by atoms with Crippen molar-refractivity contribution in [3.63, 3.8) is 0 Å². The second-order valence-corrected chi connectivity index (χ2v) is 6.32. The quantitative estimate of drug-likeness (QED) is 0.699. The van der Waals surface area contributed by atoms with E-state index in [0.717, 1.165) is 30.7 Å². The van der Waals surface area contributed by atoms with Crippen LogP contribution in [0, 0.1) is 0 Å². The van der Waals surface area contributed by atoms with Crippen LogP contribution < -0.4 is 15.4 Å². The molecule has 7 nitrogen and oxygen atoms in total. The van der Waals surface area contributed by atoms with Gasteiger partial charge in [-0.05, 0) is 43.7 Å². The number of amides is 1. The highest BCUT2D eigenvalue weighted by Crippen LogP contribution is 2.25. The van der Waals surface area contributed by atoms with E-state index in [9.17, 15) is 4.79 Å².